The van der Waals surface area contributed by atoms with Crippen LogP contribution in [-0.4, -0.2) is 34.9 Å². The van der Waals surface area contributed by atoms with Crippen LogP contribution in [0.1, 0.15) is 57.9 Å². The average molecular weight is 490 g/mol. The molecule has 5 aliphatic rings. The lowest BCUT2D eigenvalue weighted by Crippen LogP contribution is -2.57. The summed E-state index contributed by atoms with van der Waals surface area (Å²) in [6, 6.07) is 2.13. The molecular formula is C25H30F3N5O2. The zero-order chi connectivity index (χ0) is 25.0. The first-order valence-corrected chi connectivity index (χ1v) is 12.2. The lowest BCUT2D eigenvalue weighted by molar-refractivity contribution is -0.149. The van der Waals surface area contributed by atoms with Crippen LogP contribution < -0.4 is 10.2 Å². The maximum Gasteiger partial charge on any atom is 0.417 e. The molecule has 4 aliphatic carbocycles. The Morgan fingerprint density at radius 1 is 1.23 bits per heavy atom. The van der Waals surface area contributed by atoms with Gasteiger partial charge in [-0.3, -0.25) is 15.2 Å². The Balaban J connectivity index is 1.28. The Morgan fingerprint density at radius 3 is 2.37 bits per heavy atom. The Labute approximate surface area is 202 Å². The van der Waals surface area contributed by atoms with E-state index in [1.165, 1.54) is 25.3 Å². The van der Waals surface area contributed by atoms with Gasteiger partial charge in [0, 0.05) is 30.1 Å². The molecule has 1 unspecified atom stereocenters. The number of halogens is 3. The quantitative estimate of drug-likeness (QED) is 0.612. The van der Waals surface area contributed by atoms with Gasteiger partial charge in [0.2, 0.25) is 18.0 Å². The van der Waals surface area contributed by atoms with Gasteiger partial charge in [0.1, 0.15) is 5.84 Å². The number of ether oxygens (including phenoxy) is 1. The molecule has 35 heavy (non-hydrogen) atoms. The lowest BCUT2D eigenvalue weighted by Gasteiger charge is -2.55. The number of nitrogens with one attached hydrogen (secondary N) is 1. The first-order valence-electron chi connectivity index (χ1n) is 12.2. The second-order valence-electron chi connectivity index (χ2n) is 11.4. The van der Waals surface area contributed by atoms with Crippen molar-refractivity contribution >= 4 is 11.7 Å². The second-order valence-corrected chi connectivity index (χ2v) is 11.4. The molecule has 7 nitrogen and oxygen atoms in total. The lowest BCUT2D eigenvalue weighted by atomic mass is 9.49. The van der Waals surface area contributed by atoms with Gasteiger partial charge in [-0.25, -0.2) is 4.98 Å². The van der Waals surface area contributed by atoms with Gasteiger partial charge in [-0.15, -0.1) is 0 Å². The highest BCUT2D eigenvalue weighted by atomic mass is 19.4. The van der Waals surface area contributed by atoms with Gasteiger partial charge in [-0.05, 0) is 62.3 Å². The standard InChI is InChI=1S/C25H30F3N5O2/c1-23(2)19(13-35-20-4-3-18(11-30-20)25(26,27)28)12-33(21(23)31-14-29)32-22(34)24-8-15-5-16(9-24)7-17(6-15)10-24/h3-4,11,15-17,19H,5-10,12-13H2,1-2H3,(H,32,34). The van der Waals surface area contributed by atoms with Crippen LogP contribution in [0.25, 0.3) is 0 Å². The van der Waals surface area contributed by atoms with E-state index in [4.69, 9.17) is 4.74 Å². The Kier molecular flexibility index (Phi) is 5.72. The van der Waals surface area contributed by atoms with Crippen LogP contribution >= 0.6 is 0 Å². The van der Waals surface area contributed by atoms with E-state index in [1.807, 2.05) is 20.0 Å². The molecule has 0 spiro atoms. The largest absolute Gasteiger partial charge is 0.477 e. The zero-order valence-electron chi connectivity index (χ0n) is 19.9. The summed E-state index contributed by atoms with van der Waals surface area (Å²) in [5, 5.41) is 11.0. The van der Waals surface area contributed by atoms with Crippen LogP contribution in [0.15, 0.2) is 23.3 Å². The number of hydrazine groups is 1. The smallest absolute Gasteiger partial charge is 0.417 e. The van der Waals surface area contributed by atoms with Crippen LogP contribution in [0.2, 0.25) is 0 Å². The van der Waals surface area contributed by atoms with E-state index >= 15 is 0 Å². The molecule has 0 radical (unpaired) electrons. The molecule has 4 bridgehead atoms. The van der Waals surface area contributed by atoms with E-state index in [-0.39, 0.29) is 29.7 Å². The van der Waals surface area contributed by atoms with Crippen molar-refractivity contribution in [1.29, 1.82) is 5.26 Å². The summed E-state index contributed by atoms with van der Waals surface area (Å²) in [5.74, 6) is 2.29. The molecule has 1 saturated heterocycles. The van der Waals surface area contributed by atoms with Gasteiger partial charge >= 0.3 is 6.18 Å². The number of aliphatic imine (C=N–C) groups is 1. The minimum Gasteiger partial charge on any atom is -0.477 e. The van der Waals surface area contributed by atoms with E-state index < -0.39 is 17.2 Å². The van der Waals surface area contributed by atoms with Crippen LogP contribution in [0.4, 0.5) is 13.2 Å². The first-order chi connectivity index (χ1) is 16.5. The Bertz CT molecular complexity index is 1030. The summed E-state index contributed by atoms with van der Waals surface area (Å²) in [5.41, 5.74) is 1.32. The Hall–Kier alpha value is -2.83. The molecule has 2 heterocycles. The van der Waals surface area contributed by atoms with Crippen molar-refractivity contribution < 1.29 is 22.7 Å². The zero-order valence-corrected chi connectivity index (χ0v) is 19.9. The van der Waals surface area contributed by atoms with E-state index in [0.717, 1.165) is 31.5 Å². The molecule has 5 fully saturated rings. The SMILES string of the molecule is CC1(C)C(=NC#N)N(NC(=O)C23CC4CC(CC(C4)C2)C3)CC1COc1ccc(C(F)(F)F)cn1. The predicted molar refractivity (Wildman–Crippen MR) is 121 cm³/mol. The number of alkyl halides is 3. The van der Waals surface area contributed by atoms with Crippen LogP contribution in [0, 0.1) is 46.0 Å². The molecule has 1 aromatic heterocycles. The molecule has 1 amide bonds. The predicted octanol–water partition coefficient (Wildman–Crippen LogP) is 4.56. The highest BCUT2D eigenvalue weighted by Gasteiger charge is 2.56. The fourth-order valence-corrected chi connectivity index (χ4v) is 7.13. The molecule has 0 aromatic carbocycles. The third-order valence-electron chi connectivity index (χ3n) is 8.66. The van der Waals surface area contributed by atoms with Crippen molar-refractivity contribution in [3.63, 3.8) is 0 Å². The number of amidine groups is 1. The fourth-order valence-electron chi connectivity index (χ4n) is 7.13. The molecule has 10 heteroatoms. The summed E-state index contributed by atoms with van der Waals surface area (Å²) in [6.07, 6.45) is 4.64. The van der Waals surface area contributed by atoms with Crippen molar-refractivity contribution in [2.75, 3.05) is 13.2 Å². The number of aromatic nitrogens is 1. The van der Waals surface area contributed by atoms with Gasteiger partial charge in [0.25, 0.3) is 0 Å². The van der Waals surface area contributed by atoms with Crippen molar-refractivity contribution in [1.82, 2.24) is 15.4 Å². The Morgan fingerprint density at radius 2 is 1.86 bits per heavy atom. The van der Waals surface area contributed by atoms with Gasteiger partial charge in [0.05, 0.1) is 17.6 Å². The highest BCUT2D eigenvalue weighted by molar-refractivity contribution is 5.93. The molecule has 6 rings (SSSR count). The van der Waals surface area contributed by atoms with Gasteiger partial charge < -0.3 is 4.74 Å². The first kappa shape index (κ1) is 23.9. The number of carbonyl (C=O) groups excluding carboxylic acids is 1. The molecule has 188 valence electrons. The number of hydrogen-bond acceptors (Lipinski definition) is 5. The number of rotatable bonds is 5. The van der Waals surface area contributed by atoms with E-state index in [2.05, 4.69) is 15.4 Å². The normalized spacial score (nSPS) is 34.2. The summed E-state index contributed by atoms with van der Waals surface area (Å²) in [4.78, 5) is 21.4. The van der Waals surface area contributed by atoms with Crippen molar-refractivity contribution in [2.45, 2.75) is 58.5 Å². The van der Waals surface area contributed by atoms with E-state index in [1.54, 1.807) is 5.01 Å². The number of amides is 1. The number of nitriles is 1. The van der Waals surface area contributed by atoms with Crippen LogP contribution in [0.3, 0.4) is 0 Å². The molecule has 4 saturated carbocycles. The topological polar surface area (TPSA) is 90.6 Å². The van der Waals surface area contributed by atoms with Crippen molar-refractivity contribution in [3.8, 4) is 12.1 Å². The van der Waals surface area contributed by atoms with Crippen LogP contribution in [-0.2, 0) is 11.0 Å². The van der Waals surface area contributed by atoms with E-state index in [9.17, 15) is 23.2 Å². The second kappa shape index (κ2) is 8.38. The van der Waals surface area contributed by atoms with Crippen molar-refractivity contribution in [2.24, 2.45) is 39.5 Å². The number of carbonyl (C=O) groups is 1. The maximum absolute atomic E-state index is 13.6. The van der Waals surface area contributed by atoms with Gasteiger partial charge in [-0.1, -0.05) is 13.8 Å². The van der Waals surface area contributed by atoms with Crippen LogP contribution in [0.5, 0.6) is 5.88 Å². The number of nitrogens with zero attached hydrogens (tertiary/aromatic N) is 4. The monoisotopic (exact) mass is 489 g/mol. The molecule has 1 atom stereocenters. The third-order valence-corrected chi connectivity index (χ3v) is 8.66. The minimum atomic E-state index is -4.46. The van der Waals surface area contributed by atoms with E-state index in [0.29, 0.717) is 30.1 Å². The number of pyridine rings is 1. The maximum atomic E-state index is 13.6. The fraction of sp³-hybridized carbons (Fsp3) is 0.680. The minimum absolute atomic E-state index is 0.0176. The third kappa shape index (κ3) is 4.34. The summed E-state index contributed by atoms with van der Waals surface area (Å²) in [6.45, 7) is 4.38. The summed E-state index contributed by atoms with van der Waals surface area (Å²) < 4.78 is 44.1. The average Bonchev–Trinajstić information content (AvgIpc) is 3.00. The molecule has 1 aromatic rings. The summed E-state index contributed by atoms with van der Waals surface area (Å²) >= 11 is 0. The highest BCUT2D eigenvalue weighted by Crippen LogP contribution is 2.60. The molecule has 1 aliphatic heterocycles. The van der Waals surface area contributed by atoms with Crippen molar-refractivity contribution in [3.05, 3.63) is 23.9 Å². The van der Waals surface area contributed by atoms with Gasteiger partial charge in [-0.2, -0.15) is 23.4 Å². The molecular weight excluding hydrogens is 459 g/mol. The summed E-state index contributed by atoms with van der Waals surface area (Å²) in [7, 11) is 0. The molecule has 1 N–H and O–H groups in total. The van der Waals surface area contributed by atoms with Gasteiger partial charge in [0.15, 0.2) is 0 Å². The number of hydrogen-bond donors (Lipinski definition) is 1.